The van der Waals surface area contributed by atoms with Gasteiger partial charge in [-0.05, 0) is 36.4 Å². The molecule has 0 saturated carbocycles. The molecule has 0 spiro atoms. The SMILES string of the molecule is O=S(=O)(O)c1ccc(N=Nc2ccccc2)cc1.[Na]. The van der Waals surface area contributed by atoms with Crippen molar-refractivity contribution < 1.29 is 13.0 Å². The molecule has 0 saturated heterocycles. The molecule has 93 valence electrons. The second kappa shape index (κ2) is 6.93. The normalized spacial score (nSPS) is 11.2. The second-order valence-corrected chi connectivity index (χ2v) is 4.93. The Kier molecular flexibility index (Phi) is 5.84. The fraction of sp³-hybridized carbons (Fsp3) is 0. The Bertz CT molecular complexity index is 655. The third kappa shape index (κ3) is 4.85. The van der Waals surface area contributed by atoms with Crippen LogP contribution in [0.15, 0.2) is 69.7 Å². The van der Waals surface area contributed by atoms with Crippen molar-refractivity contribution in [3.05, 3.63) is 54.6 Å². The van der Waals surface area contributed by atoms with Crippen molar-refractivity contribution in [2.45, 2.75) is 4.90 Å². The standard InChI is InChI=1S/C12H10N2O3S.Na/c15-18(16,17)12-8-6-11(7-9-12)14-13-10-4-2-1-3-5-10;/h1-9H,(H,15,16,17);. The maximum Gasteiger partial charge on any atom is 0.294 e. The van der Waals surface area contributed by atoms with Crippen LogP contribution in [0.25, 0.3) is 0 Å². The van der Waals surface area contributed by atoms with Gasteiger partial charge < -0.3 is 0 Å². The molecule has 0 aliphatic heterocycles. The molecule has 0 aliphatic carbocycles. The first-order valence-electron chi connectivity index (χ1n) is 5.10. The molecule has 0 aliphatic rings. The number of benzene rings is 2. The van der Waals surface area contributed by atoms with Crippen molar-refractivity contribution >= 4 is 51.1 Å². The van der Waals surface area contributed by atoms with Crippen LogP contribution < -0.4 is 0 Å². The Balaban J connectivity index is 0.00000180. The minimum absolute atomic E-state index is 0. The summed E-state index contributed by atoms with van der Waals surface area (Å²) in [7, 11) is -4.16. The van der Waals surface area contributed by atoms with Gasteiger partial charge in [-0.2, -0.15) is 18.6 Å². The van der Waals surface area contributed by atoms with Crippen LogP contribution in [0.5, 0.6) is 0 Å². The van der Waals surface area contributed by atoms with Gasteiger partial charge in [0, 0.05) is 29.6 Å². The molecule has 2 aromatic carbocycles. The third-order valence-corrected chi connectivity index (χ3v) is 3.04. The van der Waals surface area contributed by atoms with E-state index in [1.165, 1.54) is 24.3 Å². The van der Waals surface area contributed by atoms with Gasteiger partial charge in [0.1, 0.15) is 0 Å². The molecular weight excluding hydrogens is 275 g/mol. The first-order chi connectivity index (χ1) is 8.55. The van der Waals surface area contributed by atoms with Crippen molar-refractivity contribution in [3.63, 3.8) is 0 Å². The van der Waals surface area contributed by atoms with E-state index in [2.05, 4.69) is 10.2 Å². The fourth-order valence-electron chi connectivity index (χ4n) is 1.29. The van der Waals surface area contributed by atoms with E-state index in [1.807, 2.05) is 18.2 Å². The topological polar surface area (TPSA) is 79.1 Å². The molecule has 0 amide bonds. The monoisotopic (exact) mass is 285 g/mol. The molecule has 19 heavy (non-hydrogen) atoms. The predicted molar refractivity (Wildman–Crippen MR) is 72.6 cm³/mol. The molecule has 0 atom stereocenters. The molecule has 1 N–H and O–H groups in total. The Hall–Kier alpha value is -1.05. The Morgan fingerprint density at radius 2 is 1.26 bits per heavy atom. The Morgan fingerprint density at radius 1 is 0.789 bits per heavy atom. The molecule has 7 heteroatoms. The molecule has 0 aromatic heterocycles. The predicted octanol–water partition coefficient (Wildman–Crippen LogP) is 2.97. The number of nitrogens with zero attached hydrogens (tertiary/aromatic N) is 2. The summed E-state index contributed by atoms with van der Waals surface area (Å²) in [6, 6.07) is 14.6. The van der Waals surface area contributed by atoms with Crippen molar-refractivity contribution in [2.24, 2.45) is 10.2 Å². The third-order valence-electron chi connectivity index (χ3n) is 2.17. The van der Waals surface area contributed by atoms with E-state index in [9.17, 15) is 8.42 Å². The van der Waals surface area contributed by atoms with Crippen LogP contribution in [0.1, 0.15) is 0 Å². The average Bonchev–Trinajstić information content (AvgIpc) is 2.37. The largest absolute Gasteiger partial charge is 0.294 e. The van der Waals surface area contributed by atoms with Crippen molar-refractivity contribution in [1.29, 1.82) is 0 Å². The molecule has 2 aromatic rings. The minimum Gasteiger partial charge on any atom is -0.282 e. The van der Waals surface area contributed by atoms with Crippen LogP contribution in [0, 0.1) is 0 Å². The van der Waals surface area contributed by atoms with E-state index in [0.29, 0.717) is 11.4 Å². The molecule has 0 heterocycles. The molecule has 1 radical (unpaired) electrons. The van der Waals surface area contributed by atoms with E-state index in [1.54, 1.807) is 12.1 Å². The summed E-state index contributed by atoms with van der Waals surface area (Å²) in [6.45, 7) is 0. The van der Waals surface area contributed by atoms with Gasteiger partial charge in [0.25, 0.3) is 10.1 Å². The van der Waals surface area contributed by atoms with E-state index >= 15 is 0 Å². The molecule has 0 bridgehead atoms. The number of hydrogen-bond acceptors (Lipinski definition) is 4. The first-order valence-corrected chi connectivity index (χ1v) is 6.54. The second-order valence-electron chi connectivity index (χ2n) is 3.50. The van der Waals surface area contributed by atoms with Crippen molar-refractivity contribution in [2.75, 3.05) is 0 Å². The maximum atomic E-state index is 10.8. The smallest absolute Gasteiger partial charge is 0.282 e. The van der Waals surface area contributed by atoms with Gasteiger partial charge >= 0.3 is 0 Å². The van der Waals surface area contributed by atoms with E-state index < -0.39 is 10.1 Å². The quantitative estimate of drug-likeness (QED) is 0.535. The summed E-state index contributed by atoms with van der Waals surface area (Å²) in [4.78, 5) is -0.166. The minimum atomic E-state index is -4.16. The zero-order valence-electron chi connectivity index (χ0n) is 10.3. The van der Waals surface area contributed by atoms with Gasteiger partial charge in [-0.25, -0.2) is 0 Å². The Morgan fingerprint density at radius 3 is 1.74 bits per heavy atom. The number of hydrogen-bond donors (Lipinski definition) is 1. The summed E-state index contributed by atoms with van der Waals surface area (Å²) in [6.07, 6.45) is 0. The number of rotatable bonds is 3. The van der Waals surface area contributed by atoms with Gasteiger partial charge in [-0.3, -0.25) is 4.55 Å². The summed E-state index contributed by atoms with van der Waals surface area (Å²) in [5.74, 6) is 0. The molecule has 2 rings (SSSR count). The Labute approximate surface area is 133 Å². The summed E-state index contributed by atoms with van der Waals surface area (Å²) in [5, 5.41) is 7.93. The number of azo groups is 1. The molecule has 5 nitrogen and oxygen atoms in total. The fourth-order valence-corrected chi connectivity index (χ4v) is 1.77. The van der Waals surface area contributed by atoms with Crippen LogP contribution in [0.2, 0.25) is 0 Å². The van der Waals surface area contributed by atoms with Crippen LogP contribution in [0.4, 0.5) is 11.4 Å². The summed E-state index contributed by atoms with van der Waals surface area (Å²) in [5.41, 5.74) is 1.21. The zero-order valence-corrected chi connectivity index (χ0v) is 13.1. The van der Waals surface area contributed by atoms with Gasteiger partial charge in [0.15, 0.2) is 0 Å². The summed E-state index contributed by atoms with van der Waals surface area (Å²) < 4.78 is 30.5. The van der Waals surface area contributed by atoms with Gasteiger partial charge in [-0.15, -0.1) is 0 Å². The van der Waals surface area contributed by atoms with Crippen molar-refractivity contribution in [1.82, 2.24) is 0 Å². The van der Waals surface area contributed by atoms with Gasteiger partial charge in [0.05, 0.1) is 16.3 Å². The summed E-state index contributed by atoms with van der Waals surface area (Å²) >= 11 is 0. The van der Waals surface area contributed by atoms with E-state index in [-0.39, 0.29) is 34.5 Å². The average molecular weight is 285 g/mol. The molecular formula is C12H10N2NaO3S. The van der Waals surface area contributed by atoms with Crippen LogP contribution in [0.3, 0.4) is 0 Å². The van der Waals surface area contributed by atoms with Gasteiger partial charge in [0.2, 0.25) is 0 Å². The molecule has 0 unspecified atom stereocenters. The van der Waals surface area contributed by atoms with Crippen molar-refractivity contribution in [3.8, 4) is 0 Å². The van der Waals surface area contributed by atoms with Gasteiger partial charge in [-0.1, -0.05) is 18.2 Å². The van der Waals surface area contributed by atoms with Crippen LogP contribution in [-0.4, -0.2) is 42.5 Å². The first kappa shape index (κ1) is 16.0. The zero-order chi connectivity index (χ0) is 13.0. The van der Waals surface area contributed by atoms with E-state index in [0.717, 1.165) is 0 Å². The maximum absolute atomic E-state index is 10.8. The van der Waals surface area contributed by atoms with Crippen LogP contribution in [-0.2, 0) is 10.1 Å². The van der Waals surface area contributed by atoms with E-state index in [4.69, 9.17) is 4.55 Å². The molecule has 0 fully saturated rings. The van der Waals surface area contributed by atoms with Crippen LogP contribution >= 0.6 is 0 Å².